The highest BCUT2D eigenvalue weighted by atomic mass is 14.1. The van der Waals surface area contributed by atoms with Gasteiger partial charge in [0.1, 0.15) is 0 Å². The van der Waals surface area contributed by atoms with Crippen molar-refractivity contribution in [3.8, 4) is 0 Å². The minimum Gasteiger partial charge on any atom is -0.103 e. The van der Waals surface area contributed by atoms with Crippen molar-refractivity contribution in [2.45, 2.75) is 40.0 Å². The van der Waals surface area contributed by atoms with Crippen LogP contribution in [0.15, 0.2) is 36.5 Å². The Balaban J connectivity index is 3.85. The fourth-order valence-electron chi connectivity index (χ4n) is 1.20. The average molecular weight is 178 g/mol. The van der Waals surface area contributed by atoms with Crippen molar-refractivity contribution < 1.29 is 0 Å². The summed E-state index contributed by atoms with van der Waals surface area (Å²) >= 11 is 0. The second-order valence-corrected chi connectivity index (χ2v) is 3.73. The lowest BCUT2D eigenvalue weighted by molar-refractivity contribution is 0.609. The van der Waals surface area contributed by atoms with E-state index >= 15 is 0 Å². The molecule has 0 spiro atoms. The molecule has 0 heteroatoms. The van der Waals surface area contributed by atoms with Crippen LogP contribution in [0.1, 0.15) is 40.0 Å². The van der Waals surface area contributed by atoms with Gasteiger partial charge in [0.15, 0.2) is 0 Å². The first-order chi connectivity index (χ1) is 6.11. The SMILES string of the molecule is C=CCC(=CC)CCC(C)C(=C)C. The van der Waals surface area contributed by atoms with E-state index < -0.39 is 0 Å². The van der Waals surface area contributed by atoms with E-state index in [0.29, 0.717) is 5.92 Å². The number of hydrogen-bond acceptors (Lipinski definition) is 0. The lowest BCUT2D eigenvalue weighted by Gasteiger charge is -2.11. The molecule has 0 N–H and O–H groups in total. The highest BCUT2D eigenvalue weighted by molar-refractivity contribution is 5.06. The summed E-state index contributed by atoms with van der Waals surface area (Å²) in [5.41, 5.74) is 2.78. The molecule has 0 nitrogen and oxygen atoms in total. The van der Waals surface area contributed by atoms with Crippen LogP contribution in [-0.4, -0.2) is 0 Å². The summed E-state index contributed by atoms with van der Waals surface area (Å²) in [6, 6.07) is 0. The lowest BCUT2D eigenvalue weighted by atomic mass is 9.95. The monoisotopic (exact) mass is 178 g/mol. The number of hydrogen-bond donors (Lipinski definition) is 0. The predicted molar refractivity (Wildman–Crippen MR) is 61.8 cm³/mol. The summed E-state index contributed by atoms with van der Waals surface area (Å²) in [5, 5.41) is 0. The van der Waals surface area contributed by atoms with Gasteiger partial charge in [0.25, 0.3) is 0 Å². The van der Waals surface area contributed by atoms with E-state index in [-0.39, 0.29) is 0 Å². The summed E-state index contributed by atoms with van der Waals surface area (Å²) in [6.45, 7) is 14.2. The summed E-state index contributed by atoms with van der Waals surface area (Å²) in [7, 11) is 0. The van der Waals surface area contributed by atoms with Crippen molar-refractivity contribution in [1.29, 1.82) is 0 Å². The van der Waals surface area contributed by atoms with Gasteiger partial charge in [0.2, 0.25) is 0 Å². The van der Waals surface area contributed by atoms with E-state index in [0.717, 1.165) is 6.42 Å². The van der Waals surface area contributed by atoms with E-state index in [1.807, 2.05) is 6.08 Å². The van der Waals surface area contributed by atoms with Gasteiger partial charge in [-0.3, -0.25) is 0 Å². The Morgan fingerprint density at radius 1 is 1.46 bits per heavy atom. The topological polar surface area (TPSA) is 0 Å². The van der Waals surface area contributed by atoms with Gasteiger partial charge in [-0.05, 0) is 39.0 Å². The Labute approximate surface area is 83.0 Å². The van der Waals surface area contributed by atoms with Gasteiger partial charge in [0, 0.05) is 0 Å². The predicted octanol–water partition coefficient (Wildman–Crippen LogP) is 4.50. The van der Waals surface area contributed by atoms with Crippen molar-refractivity contribution in [1.82, 2.24) is 0 Å². The Morgan fingerprint density at radius 3 is 2.46 bits per heavy atom. The second kappa shape index (κ2) is 6.71. The van der Waals surface area contributed by atoms with E-state index in [9.17, 15) is 0 Å². The van der Waals surface area contributed by atoms with Crippen molar-refractivity contribution in [2.24, 2.45) is 5.92 Å². The minimum absolute atomic E-state index is 0.639. The zero-order valence-corrected chi connectivity index (χ0v) is 9.27. The van der Waals surface area contributed by atoms with Crippen LogP contribution in [0.3, 0.4) is 0 Å². The molecule has 0 amide bonds. The maximum atomic E-state index is 3.97. The molecule has 0 heterocycles. The standard InChI is InChI=1S/C13H22/c1-6-8-13(7-2)10-9-12(5)11(3)4/h6-7,12H,1,3,8-10H2,2,4-5H3. The molecule has 0 rings (SSSR count). The molecule has 0 aliphatic rings. The molecule has 1 atom stereocenters. The highest BCUT2D eigenvalue weighted by Gasteiger charge is 2.03. The van der Waals surface area contributed by atoms with Crippen LogP contribution in [0.4, 0.5) is 0 Å². The first kappa shape index (κ1) is 12.2. The number of allylic oxidation sites excluding steroid dienone is 4. The molecule has 0 bridgehead atoms. The van der Waals surface area contributed by atoms with Gasteiger partial charge < -0.3 is 0 Å². The highest BCUT2D eigenvalue weighted by Crippen LogP contribution is 2.19. The van der Waals surface area contributed by atoms with Crippen molar-refractivity contribution in [2.75, 3.05) is 0 Å². The molecule has 0 fully saturated rings. The van der Waals surface area contributed by atoms with Crippen LogP contribution in [0.2, 0.25) is 0 Å². The Morgan fingerprint density at radius 2 is 2.08 bits per heavy atom. The van der Waals surface area contributed by atoms with Crippen LogP contribution in [0.5, 0.6) is 0 Å². The summed E-state index contributed by atoms with van der Waals surface area (Å²) in [5.74, 6) is 0.639. The second-order valence-electron chi connectivity index (χ2n) is 3.73. The number of rotatable bonds is 6. The van der Waals surface area contributed by atoms with E-state index in [2.05, 4.69) is 40.0 Å². The molecule has 0 saturated carbocycles. The van der Waals surface area contributed by atoms with Gasteiger partial charge in [-0.2, -0.15) is 0 Å². The molecular formula is C13H22. The minimum atomic E-state index is 0.639. The maximum absolute atomic E-state index is 3.97. The summed E-state index contributed by atoms with van der Waals surface area (Å²) in [6.07, 6.45) is 7.59. The van der Waals surface area contributed by atoms with Crippen LogP contribution in [0, 0.1) is 5.92 Å². The zero-order chi connectivity index (χ0) is 10.3. The molecule has 13 heavy (non-hydrogen) atoms. The molecule has 74 valence electrons. The third kappa shape index (κ3) is 5.46. The first-order valence-electron chi connectivity index (χ1n) is 5.02. The van der Waals surface area contributed by atoms with Gasteiger partial charge >= 0.3 is 0 Å². The first-order valence-corrected chi connectivity index (χ1v) is 5.02. The van der Waals surface area contributed by atoms with Crippen LogP contribution < -0.4 is 0 Å². The molecule has 0 radical (unpaired) electrons. The Kier molecular flexibility index (Phi) is 6.30. The van der Waals surface area contributed by atoms with Gasteiger partial charge in [-0.15, -0.1) is 6.58 Å². The maximum Gasteiger partial charge on any atom is -0.0142 e. The molecule has 0 aliphatic heterocycles. The molecule has 0 aromatic rings. The largest absolute Gasteiger partial charge is 0.103 e. The molecule has 0 aromatic carbocycles. The normalized spacial score (nSPS) is 13.9. The fourth-order valence-corrected chi connectivity index (χ4v) is 1.20. The van der Waals surface area contributed by atoms with Crippen LogP contribution >= 0.6 is 0 Å². The Hall–Kier alpha value is -0.780. The molecular weight excluding hydrogens is 156 g/mol. The third-order valence-electron chi connectivity index (χ3n) is 2.55. The van der Waals surface area contributed by atoms with Crippen molar-refractivity contribution in [3.05, 3.63) is 36.5 Å². The summed E-state index contributed by atoms with van der Waals surface area (Å²) in [4.78, 5) is 0. The van der Waals surface area contributed by atoms with Gasteiger partial charge in [0.05, 0.1) is 0 Å². The van der Waals surface area contributed by atoms with Crippen LogP contribution in [-0.2, 0) is 0 Å². The summed E-state index contributed by atoms with van der Waals surface area (Å²) < 4.78 is 0. The smallest absolute Gasteiger partial charge is 0.0142 e. The van der Waals surface area contributed by atoms with Crippen LogP contribution in [0.25, 0.3) is 0 Å². The Bertz CT molecular complexity index is 196. The van der Waals surface area contributed by atoms with Crippen molar-refractivity contribution in [3.63, 3.8) is 0 Å². The molecule has 0 saturated heterocycles. The molecule has 1 unspecified atom stereocenters. The molecule has 0 aliphatic carbocycles. The quantitative estimate of drug-likeness (QED) is 0.525. The van der Waals surface area contributed by atoms with E-state index in [1.54, 1.807) is 0 Å². The van der Waals surface area contributed by atoms with Gasteiger partial charge in [-0.1, -0.05) is 36.8 Å². The fraction of sp³-hybridized carbons (Fsp3) is 0.538. The third-order valence-corrected chi connectivity index (χ3v) is 2.55. The average Bonchev–Trinajstić information content (AvgIpc) is 2.11. The van der Waals surface area contributed by atoms with Crippen molar-refractivity contribution >= 4 is 0 Å². The van der Waals surface area contributed by atoms with E-state index in [1.165, 1.54) is 24.0 Å². The molecule has 0 aromatic heterocycles. The van der Waals surface area contributed by atoms with Gasteiger partial charge in [-0.25, -0.2) is 0 Å². The van der Waals surface area contributed by atoms with E-state index in [4.69, 9.17) is 0 Å². The lowest BCUT2D eigenvalue weighted by Crippen LogP contribution is -1.96. The zero-order valence-electron chi connectivity index (χ0n) is 9.27.